The van der Waals surface area contributed by atoms with Crippen LogP contribution in [0.4, 0.5) is 17.1 Å². The third kappa shape index (κ3) is 4.28. The molecule has 2 aromatic carbocycles. The van der Waals surface area contributed by atoms with Gasteiger partial charge in [-0.2, -0.15) is 0 Å². The van der Waals surface area contributed by atoms with Gasteiger partial charge in [0, 0.05) is 18.3 Å². The number of methoxy groups -OCH3 is 1. The molecule has 27 heavy (non-hydrogen) atoms. The summed E-state index contributed by atoms with van der Waals surface area (Å²) >= 11 is 0. The molecule has 6 nitrogen and oxygen atoms in total. The minimum Gasteiger partial charge on any atom is -0.497 e. The Balaban J connectivity index is 1.79. The van der Waals surface area contributed by atoms with Gasteiger partial charge in [0.25, 0.3) is 0 Å². The number of hydrogen-bond acceptors (Lipinski definition) is 4. The molecule has 0 bridgehead atoms. The number of fused-ring (bicyclic) bond motifs is 1. The van der Waals surface area contributed by atoms with Crippen LogP contribution in [0.1, 0.15) is 13.3 Å². The molecular weight excluding hydrogens is 342 g/mol. The summed E-state index contributed by atoms with van der Waals surface area (Å²) in [7, 11) is 1.57. The summed E-state index contributed by atoms with van der Waals surface area (Å²) in [4.78, 5) is 27.2. The van der Waals surface area contributed by atoms with E-state index < -0.39 is 6.04 Å². The van der Waals surface area contributed by atoms with Crippen LogP contribution in [-0.4, -0.2) is 31.5 Å². The molecule has 1 aliphatic rings. The highest BCUT2D eigenvalue weighted by atomic mass is 16.5. The van der Waals surface area contributed by atoms with Crippen LogP contribution in [0.3, 0.4) is 0 Å². The topological polar surface area (TPSA) is 70.7 Å². The van der Waals surface area contributed by atoms with E-state index in [4.69, 9.17) is 4.74 Å². The number of nitrogens with zero attached hydrogens (tertiary/aromatic N) is 1. The van der Waals surface area contributed by atoms with Crippen molar-refractivity contribution in [3.63, 3.8) is 0 Å². The fraction of sp³-hybridized carbons (Fsp3) is 0.238. The van der Waals surface area contributed by atoms with E-state index in [0.717, 1.165) is 16.9 Å². The van der Waals surface area contributed by atoms with E-state index in [2.05, 4.69) is 17.2 Å². The molecule has 2 aromatic rings. The summed E-state index contributed by atoms with van der Waals surface area (Å²) in [5.41, 5.74) is 3.17. The second-order valence-electron chi connectivity index (χ2n) is 6.59. The van der Waals surface area contributed by atoms with Crippen LogP contribution < -0.4 is 20.3 Å². The maximum Gasteiger partial charge on any atom is 0.247 e. The number of carbonyl (C=O) groups excluding carboxylic acids is 2. The number of nitrogens with one attached hydrogen (secondary N) is 2. The number of anilines is 3. The molecule has 0 saturated carbocycles. The van der Waals surface area contributed by atoms with Crippen molar-refractivity contribution in [3.05, 3.63) is 60.7 Å². The Morgan fingerprint density at radius 3 is 2.78 bits per heavy atom. The smallest absolute Gasteiger partial charge is 0.247 e. The van der Waals surface area contributed by atoms with Gasteiger partial charge in [-0.15, -0.1) is 0 Å². The SMILES string of the molecule is C=C(C)CN1c2ccccc2NC(=O)[C@@H]1CC(=O)Nc1cccc(OC)c1. The first-order valence-corrected chi connectivity index (χ1v) is 8.72. The first-order chi connectivity index (χ1) is 13.0. The van der Waals surface area contributed by atoms with Gasteiger partial charge in [0.2, 0.25) is 11.8 Å². The molecular formula is C21H23N3O3. The molecule has 0 radical (unpaired) electrons. The average molecular weight is 365 g/mol. The van der Waals surface area contributed by atoms with Crippen molar-refractivity contribution < 1.29 is 14.3 Å². The first kappa shape index (κ1) is 18.5. The fourth-order valence-corrected chi connectivity index (χ4v) is 3.13. The zero-order chi connectivity index (χ0) is 19.4. The molecule has 0 aliphatic carbocycles. The Kier molecular flexibility index (Phi) is 5.45. The summed E-state index contributed by atoms with van der Waals surface area (Å²) in [5, 5.41) is 5.72. The van der Waals surface area contributed by atoms with Gasteiger partial charge in [-0.05, 0) is 31.2 Å². The highest BCUT2D eigenvalue weighted by Gasteiger charge is 2.34. The molecule has 1 heterocycles. The largest absolute Gasteiger partial charge is 0.497 e. The van der Waals surface area contributed by atoms with Crippen LogP contribution >= 0.6 is 0 Å². The van der Waals surface area contributed by atoms with Crippen molar-refractivity contribution >= 4 is 28.9 Å². The number of amides is 2. The number of benzene rings is 2. The van der Waals surface area contributed by atoms with Crippen molar-refractivity contribution in [2.45, 2.75) is 19.4 Å². The molecule has 0 unspecified atom stereocenters. The van der Waals surface area contributed by atoms with Crippen LogP contribution in [0.5, 0.6) is 5.75 Å². The Bertz CT molecular complexity index is 878. The first-order valence-electron chi connectivity index (χ1n) is 8.72. The zero-order valence-corrected chi connectivity index (χ0v) is 15.5. The Morgan fingerprint density at radius 1 is 1.26 bits per heavy atom. The van der Waals surface area contributed by atoms with Gasteiger partial charge in [-0.25, -0.2) is 0 Å². The maximum atomic E-state index is 12.7. The van der Waals surface area contributed by atoms with Crippen molar-refractivity contribution in [1.29, 1.82) is 0 Å². The van der Waals surface area contributed by atoms with Gasteiger partial charge in [-0.3, -0.25) is 9.59 Å². The minimum atomic E-state index is -0.609. The lowest BCUT2D eigenvalue weighted by Gasteiger charge is -2.38. The number of para-hydroxylation sites is 2. The van der Waals surface area contributed by atoms with Crippen molar-refractivity contribution in [2.75, 3.05) is 29.2 Å². The van der Waals surface area contributed by atoms with E-state index >= 15 is 0 Å². The molecule has 6 heteroatoms. The Labute approximate surface area is 158 Å². The van der Waals surface area contributed by atoms with E-state index in [1.807, 2.05) is 36.1 Å². The molecule has 2 amide bonds. The van der Waals surface area contributed by atoms with Crippen LogP contribution in [0.15, 0.2) is 60.7 Å². The molecule has 1 atom stereocenters. The monoisotopic (exact) mass is 365 g/mol. The number of carbonyl (C=O) groups is 2. The molecule has 3 rings (SSSR count). The number of hydrogen-bond donors (Lipinski definition) is 2. The van der Waals surface area contributed by atoms with E-state index in [9.17, 15) is 9.59 Å². The van der Waals surface area contributed by atoms with Gasteiger partial charge in [0.05, 0.1) is 24.9 Å². The van der Waals surface area contributed by atoms with E-state index in [-0.39, 0.29) is 18.2 Å². The Hall–Kier alpha value is -3.28. The maximum absolute atomic E-state index is 12.7. The lowest BCUT2D eigenvalue weighted by molar-refractivity contribution is -0.122. The Morgan fingerprint density at radius 2 is 2.04 bits per heavy atom. The number of rotatable bonds is 6. The predicted octanol–water partition coefficient (Wildman–Crippen LogP) is 3.43. The quantitative estimate of drug-likeness (QED) is 0.770. The summed E-state index contributed by atoms with van der Waals surface area (Å²) in [6, 6.07) is 14.1. The van der Waals surface area contributed by atoms with E-state index in [0.29, 0.717) is 18.0 Å². The lowest BCUT2D eigenvalue weighted by Crippen LogP contribution is -2.50. The minimum absolute atomic E-state index is 0.0324. The lowest BCUT2D eigenvalue weighted by atomic mass is 10.0. The third-order valence-electron chi connectivity index (χ3n) is 4.32. The van der Waals surface area contributed by atoms with Crippen LogP contribution in [0.25, 0.3) is 0 Å². The highest BCUT2D eigenvalue weighted by Crippen LogP contribution is 2.33. The van der Waals surface area contributed by atoms with Crippen LogP contribution in [-0.2, 0) is 9.59 Å². The van der Waals surface area contributed by atoms with Crippen molar-refractivity contribution in [3.8, 4) is 5.75 Å². The molecule has 0 aromatic heterocycles. The molecule has 1 aliphatic heterocycles. The fourth-order valence-electron chi connectivity index (χ4n) is 3.13. The molecule has 140 valence electrons. The molecule has 0 spiro atoms. The molecule has 2 N–H and O–H groups in total. The van der Waals surface area contributed by atoms with Gasteiger partial charge in [0.1, 0.15) is 11.8 Å². The molecule has 0 fully saturated rings. The summed E-state index contributed by atoms with van der Waals surface area (Å²) in [5.74, 6) is 0.214. The van der Waals surface area contributed by atoms with Crippen molar-refractivity contribution in [1.82, 2.24) is 0 Å². The van der Waals surface area contributed by atoms with Gasteiger partial charge < -0.3 is 20.3 Å². The van der Waals surface area contributed by atoms with Gasteiger partial charge in [-0.1, -0.05) is 30.4 Å². The third-order valence-corrected chi connectivity index (χ3v) is 4.32. The standard InChI is InChI=1S/C21H23N3O3/c1-14(2)13-24-18-10-5-4-9-17(18)23-21(26)19(24)12-20(25)22-15-7-6-8-16(11-15)27-3/h4-11,19H,1,12-13H2,2-3H3,(H,22,25)(H,23,26)/t19-/m0/s1. The second-order valence-corrected chi connectivity index (χ2v) is 6.59. The van der Waals surface area contributed by atoms with Gasteiger partial charge >= 0.3 is 0 Å². The van der Waals surface area contributed by atoms with Gasteiger partial charge in [0.15, 0.2) is 0 Å². The van der Waals surface area contributed by atoms with Crippen LogP contribution in [0, 0.1) is 0 Å². The normalized spacial score (nSPS) is 15.6. The number of ether oxygens (including phenoxy) is 1. The second kappa shape index (κ2) is 7.95. The summed E-state index contributed by atoms with van der Waals surface area (Å²) in [6.07, 6.45) is 0.0324. The van der Waals surface area contributed by atoms with E-state index in [1.165, 1.54) is 0 Å². The van der Waals surface area contributed by atoms with Crippen LogP contribution in [0.2, 0.25) is 0 Å². The zero-order valence-electron chi connectivity index (χ0n) is 15.5. The predicted molar refractivity (Wildman–Crippen MR) is 107 cm³/mol. The summed E-state index contributed by atoms with van der Waals surface area (Å²) < 4.78 is 5.17. The summed E-state index contributed by atoms with van der Waals surface area (Å²) in [6.45, 7) is 6.37. The molecule has 0 saturated heterocycles. The van der Waals surface area contributed by atoms with Crippen molar-refractivity contribution in [2.24, 2.45) is 0 Å². The average Bonchev–Trinajstić information content (AvgIpc) is 2.64. The highest BCUT2D eigenvalue weighted by molar-refractivity contribution is 6.06. The van der Waals surface area contributed by atoms with E-state index in [1.54, 1.807) is 31.4 Å².